The number of rotatable bonds is 5. The summed E-state index contributed by atoms with van der Waals surface area (Å²) in [6.07, 6.45) is 6.11. The van der Waals surface area contributed by atoms with E-state index >= 15 is 0 Å². The largest absolute Gasteiger partial charge is 0.419 e. The number of hydrogen-bond donors (Lipinski definition) is 1. The van der Waals surface area contributed by atoms with Gasteiger partial charge in [-0.25, -0.2) is 0 Å². The van der Waals surface area contributed by atoms with E-state index < -0.39 is 0 Å². The third-order valence-corrected chi connectivity index (χ3v) is 6.15. The summed E-state index contributed by atoms with van der Waals surface area (Å²) in [5.41, 5.74) is 1.48. The zero-order valence-corrected chi connectivity index (χ0v) is 14.3. The molecule has 124 valence electrons. The van der Waals surface area contributed by atoms with Gasteiger partial charge in [-0.15, -0.1) is 21.5 Å². The molecule has 0 bridgehead atoms. The minimum atomic E-state index is 0.405. The van der Waals surface area contributed by atoms with Crippen molar-refractivity contribution in [2.24, 2.45) is 5.92 Å². The Kier molecular flexibility index (Phi) is 4.46. The fraction of sp³-hybridized carbons (Fsp3) is 0.647. The summed E-state index contributed by atoms with van der Waals surface area (Å²) < 4.78 is 11.3. The van der Waals surface area contributed by atoms with Crippen molar-refractivity contribution in [1.82, 2.24) is 15.5 Å². The molecule has 1 aliphatic carbocycles. The highest BCUT2D eigenvalue weighted by Crippen LogP contribution is 2.35. The molecule has 2 atom stereocenters. The fourth-order valence-corrected chi connectivity index (χ4v) is 4.56. The molecule has 1 fully saturated rings. The lowest BCUT2D eigenvalue weighted by Crippen LogP contribution is -2.33. The van der Waals surface area contributed by atoms with Gasteiger partial charge in [-0.1, -0.05) is 0 Å². The molecule has 2 aliphatic rings. The predicted octanol–water partition coefficient (Wildman–Crippen LogP) is 3.19. The van der Waals surface area contributed by atoms with Gasteiger partial charge in [0, 0.05) is 17.5 Å². The molecule has 1 aliphatic heterocycles. The fourth-order valence-electron chi connectivity index (χ4n) is 3.38. The van der Waals surface area contributed by atoms with Crippen LogP contribution in [0.3, 0.4) is 0 Å². The number of aryl methyl sites for hydroxylation is 2. The van der Waals surface area contributed by atoms with Crippen molar-refractivity contribution < 1.29 is 9.15 Å². The molecule has 4 rings (SSSR count). The number of nitrogens with one attached hydrogen (secondary N) is 1. The number of nitrogens with zero attached hydrogens (tertiary/aromatic N) is 2. The first-order valence-corrected chi connectivity index (χ1v) is 9.36. The van der Waals surface area contributed by atoms with Gasteiger partial charge >= 0.3 is 0 Å². The summed E-state index contributed by atoms with van der Waals surface area (Å²) in [6.45, 7) is 4.55. The van der Waals surface area contributed by atoms with Gasteiger partial charge in [-0.3, -0.25) is 0 Å². The van der Waals surface area contributed by atoms with E-state index in [2.05, 4.69) is 28.5 Å². The molecular weight excluding hydrogens is 310 g/mol. The standard InChI is InChI=1S/C17H23N3O2S/c1-11(13-6-7-21-10-13)18-9-16-19-20-17(22-16)15-8-12-4-2-3-5-14(12)23-15/h8,11,13,18H,2-7,9-10H2,1H3/t11-,13-/m0/s1. The SMILES string of the molecule is C[C@H](NCc1nnc(-c2cc3c(s2)CCCC3)o1)[C@H]1CCOC1. The van der Waals surface area contributed by atoms with Crippen LogP contribution in [-0.4, -0.2) is 29.5 Å². The summed E-state index contributed by atoms with van der Waals surface area (Å²) in [6, 6.07) is 2.64. The molecule has 0 spiro atoms. The number of fused-ring (bicyclic) bond motifs is 1. The number of hydrogen-bond acceptors (Lipinski definition) is 6. The van der Waals surface area contributed by atoms with E-state index in [1.165, 1.54) is 36.1 Å². The van der Waals surface area contributed by atoms with Crippen molar-refractivity contribution in [2.45, 2.75) is 51.6 Å². The van der Waals surface area contributed by atoms with Gasteiger partial charge in [-0.2, -0.15) is 0 Å². The van der Waals surface area contributed by atoms with Gasteiger partial charge in [0.15, 0.2) is 0 Å². The van der Waals surface area contributed by atoms with Gasteiger partial charge in [0.1, 0.15) is 0 Å². The number of thiophene rings is 1. The smallest absolute Gasteiger partial charge is 0.257 e. The van der Waals surface area contributed by atoms with Crippen LogP contribution in [0, 0.1) is 5.92 Å². The Morgan fingerprint density at radius 3 is 3.09 bits per heavy atom. The van der Waals surface area contributed by atoms with Crippen molar-refractivity contribution in [2.75, 3.05) is 13.2 Å². The van der Waals surface area contributed by atoms with E-state index in [0.717, 1.165) is 24.5 Å². The van der Waals surface area contributed by atoms with Crippen molar-refractivity contribution in [1.29, 1.82) is 0 Å². The molecule has 0 unspecified atom stereocenters. The van der Waals surface area contributed by atoms with E-state index in [4.69, 9.17) is 9.15 Å². The van der Waals surface area contributed by atoms with Crippen molar-refractivity contribution in [3.8, 4) is 10.8 Å². The topological polar surface area (TPSA) is 60.2 Å². The maximum absolute atomic E-state index is 5.85. The first-order valence-electron chi connectivity index (χ1n) is 8.55. The Balaban J connectivity index is 1.39. The molecule has 23 heavy (non-hydrogen) atoms. The minimum absolute atomic E-state index is 0.405. The quantitative estimate of drug-likeness (QED) is 0.910. The van der Waals surface area contributed by atoms with Crippen LogP contribution in [0.1, 0.15) is 42.5 Å². The first-order chi connectivity index (χ1) is 11.3. The highest BCUT2D eigenvalue weighted by atomic mass is 32.1. The van der Waals surface area contributed by atoms with Gasteiger partial charge in [0.25, 0.3) is 5.89 Å². The van der Waals surface area contributed by atoms with E-state index in [1.807, 2.05) is 11.3 Å². The Hall–Kier alpha value is -1.24. The summed E-state index contributed by atoms with van der Waals surface area (Å²) in [5, 5.41) is 11.9. The zero-order chi connectivity index (χ0) is 15.6. The third kappa shape index (κ3) is 3.34. The van der Waals surface area contributed by atoms with Crippen molar-refractivity contribution in [3.05, 3.63) is 22.4 Å². The van der Waals surface area contributed by atoms with Gasteiger partial charge in [-0.05, 0) is 56.6 Å². The summed E-state index contributed by atoms with van der Waals surface area (Å²) in [5.74, 6) is 1.91. The molecule has 2 aromatic heterocycles. The Morgan fingerprint density at radius 2 is 2.26 bits per heavy atom. The summed E-state index contributed by atoms with van der Waals surface area (Å²) in [4.78, 5) is 2.62. The van der Waals surface area contributed by atoms with Crippen LogP contribution in [0.5, 0.6) is 0 Å². The maximum Gasteiger partial charge on any atom is 0.257 e. The number of ether oxygens (including phenoxy) is 1. The molecule has 0 radical (unpaired) electrons. The van der Waals surface area contributed by atoms with Crippen molar-refractivity contribution in [3.63, 3.8) is 0 Å². The normalized spacial score (nSPS) is 22.2. The van der Waals surface area contributed by atoms with Gasteiger partial charge < -0.3 is 14.5 Å². The van der Waals surface area contributed by atoms with Crippen LogP contribution < -0.4 is 5.32 Å². The Morgan fingerprint density at radius 1 is 1.35 bits per heavy atom. The highest BCUT2D eigenvalue weighted by molar-refractivity contribution is 7.15. The van der Waals surface area contributed by atoms with Crippen LogP contribution in [0.25, 0.3) is 10.8 Å². The van der Waals surface area contributed by atoms with E-state index in [-0.39, 0.29) is 0 Å². The lowest BCUT2D eigenvalue weighted by Gasteiger charge is -2.17. The summed E-state index contributed by atoms with van der Waals surface area (Å²) >= 11 is 1.81. The molecule has 1 saturated heterocycles. The molecule has 1 N–H and O–H groups in total. The van der Waals surface area contributed by atoms with Crippen LogP contribution >= 0.6 is 11.3 Å². The zero-order valence-electron chi connectivity index (χ0n) is 13.5. The second-order valence-electron chi connectivity index (χ2n) is 6.56. The monoisotopic (exact) mass is 333 g/mol. The Labute approximate surface area is 140 Å². The first kappa shape index (κ1) is 15.3. The van der Waals surface area contributed by atoms with E-state index in [9.17, 15) is 0 Å². The van der Waals surface area contributed by atoms with Crippen LogP contribution in [0.15, 0.2) is 10.5 Å². The predicted molar refractivity (Wildman–Crippen MR) is 89.5 cm³/mol. The summed E-state index contributed by atoms with van der Waals surface area (Å²) in [7, 11) is 0. The van der Waals surface area contributed by atoms with Gasteiger partial charge in [0.2, 0.25) is 5.89 Å². The van der Waals surface area contributed by atoms with Crippen molar-refractivity contribution >= 4 is 11.3 Å². The highest BCUT2D eigenvalue weighted by Gasteiger charge is 2.23. The molecule has 2 aromatic rings. The second kappa shape index (κ2) is 6.71. The van der Waals surface area contributed by atoms with Gasteiger partial charge in [0.05, 0.1) is 18.0 Å². The van der Waals surface area contributed by atoms with Crippen LogP contribution in [-0.2, 0) is 24.1 Å². The average molecular weight is 333 g/mol. The molecule has 0 saturated carbocycles. The molecule has 0 aromatic carbocycles. The van der Waals surface area contributed by atoms with E-state index in [0.29, 0.717) is 30.3 Å². The molecule has 3 heterocycles. The molecule has 0 amide bonds. The third-order valence-electron chi connectivity index (χ3n) is 4.92. The number of aromatic nitrogens is 2. The second-order valence-corrected chi connectivity index (χ2v) is 7.70. The van der Waals surface area contributed by atoms with Crippen LogP contribution in [0.4, 0.5) is 0 Å². The maximum atomic E-state index is 5.85. The Bertz CT molecular complexity index is 637. The lowest BCUT2D eigenvalue weighted by atomic mass is 9.99. The average Bonchev–Trinajstić information content (AvgIpc) is 3.31. The van der Waals surface area contributed by atoms with E-state index in [1.54, 1.807) is 0 Å². The van der Waals surface area contributed by atoms with Crippen LogP contribution in [0.2, 0.25) is 0 Å². The molecular formula is C17H23N3O2S. The molecule has 6 heteroatoms. The lowest BCUT2D eigenvalue weighted by molar-refractivity contribution is 0.177. The molecule has 5 nitrogen and oxygen atoms in total. The minimum Gasteiger partial charge on any atom is -0.419 e.